The summed E-state index contributed by atoms with van der Waals surface area (Å²) in [5.74, 6) is 1.39. The first-order chi connectivity index (χ1) is 15.7. The third-order valence-electron chi connectivity index (χ3n) is 6.31. The largest absolute Gasteiger partial charge is 0.473 e. The topological polar surface area (TPSA) is 121 Å². The van der Waals surface area contributed by atoms with Crippen LogP contribution in [0.5, 0.6) is 5.88 Å². The van der Waals surface area contributed by atoms with Crippen LogP contribution in [-0.4, -0.2) is 45.0 Å². The molecule has 1 N–H and O–H groups in total. The summed E-state index contributed by atoms with van der Waals surface area (Å²) < 4.78 is 36.1. The second-order valence-electron chi connectivity index (χ2n) is 8.62. The van der Waals surface area contributed by atoms with Crippen LogP contribution in [0, 0.1) is 18.8 Å². The van der Waals surface area contributed by atoms with Crippen molar-refractivity contribution in [3.8, 4) is 11.7 Å². The highest BCUT2D eigenvalue weighted by molar-refractivity contribution is 7.90. The van der Waals surface area contributed by atoms with Gasteiger partial charge in [-0.05, 0) is 56.6 Å². The van der Waals surface area contributed by atoms with Crippen molar-refractivity contribution in [2.75, 3.05) is 0 Å². The van der Waals surface area contributed by atoms with Crippen molar-refractivity contribution < 1.29 is 17.9 Å². The maximum atomic E-state index is 12.6. The molecule has 2 aliphatic rings. The number of ether oxygens (including phenoxy) is 1. The Labute approximate surface area is 196 Å². The summed E-state index contributed by atoms with van der Waals surface area (Å²) in [6.45, 7) is 1.54. The van der Waals surface area contributed by atoms with Crippen molar-refractivity contribution >= 4 is 27.5 Å². The Hall–Kier alpha value is -2.92. The van der Waals surface area contributed by atoms with E-state index in [0.29, 0.717) is 17.6 Å². The average molecular weight is 491 g/mol. The molecule has 5 rings (SSSR count). The Morgan fingerprint density at radius 1 is 1.21 bits per heavy atom. The lowest BCUT2D eigenvalue weighted by Gasteiger charge is -2.21. The fourth-order valence-electron chi connectivity index (χ4n) is 4.78. The molecule has 2 fully saturated rings. The van der Waals surface area contributed by atoms with Gasteiger partial charge in [0.15, 0.2) is 5.82 Å². The first kappa shape index (κ1) is 21.9. The van der Waals surface area contributed by atoms with E-state index in [4.69, 9.17) is 16.3 Å². The van der Waals surface area contributed by atoms with Gasteiger partial charge in [-0.3, -0.25) is 9.48 Å². The lowest BCUT2D eigenvalue weighted by atomic mass is 9.98. The molecule has 12 heteroatoms. The van der Waals surface area contributed by atoms with Crippen LogP contribution in [0.25, 0.3) is 5.82 Å². The smallest absolute Gasteiger partial charge is 0.268 e. The number of nitrogens with zero attached hydrogens (tertiary/aromatic N) is 5. The first-order valence-electron chi connectivity index (χ1n) is 10.7. The zero-order chi connectivity index (χ0) is 23.3. The maximum Gasteiger partial charge on any atom is 0.268 e. The van der Waals surface area contributed by atoms with Gasteiger partial charge < -0.3 is 4.74 Å². The van der Waals surface area contributed by atoms with Crippen LogP contribution in [-0.2, 0) is 17.1 Å². The van der Waals surface area contributed by atoms with Crippen LogP contribution in [0.3, 0.4) is 0 Å². The summed E-state index contributed by atoms with van der Waals surface area (Å²) in [6, 6.07) is 4.71. The monoisotopic (exact) mass is 490 g/mol. The van der Waals surface area contributed by atoms with Crippen molar-refractivity contribution in [1.82, 2.24) is 29.3 Å². The number of nitrogens with one attached hydrogen (secondary N) is 1. The molecule has 0 saturated heterocycles. The minimum Gasteiger partial charge on any atom is -0.473 e. The van der Waals surface area contributed by atoms with E-state index >= 15 is 0 Å². The molecule has 2 aliphatic carbocycles. The Bertz CT molecular complexity index is 1330. The zero-order valence-electron chi connectivity index (χ0n) is 18.1. The van der Waals surface area contributed by atoms with Crippen molar-refractivity contribution in [2.24, 2.45) is 18.9 Å². The molecule has 2 unspecified atom stereocenters. The van der Waals surface area contributed by atoms with Gasteiger partial charge in [-0.15, -0.1) is 5.10 Å². The quantitative estimate of drug-likeness (QED) is 0.527. The Morgan fingerprint density at radius 3 is 2.67 bits per heavy atom. The molecule has 3 aromatic rings. The predicted octanol–water partition coefficient (Wildman–Crippen LogP) is 2.65. The van der Waals surface area contributed by atoms with E-state index in [-0.39, 0.29) is 27.4 Å². The fraction of sp³-hybridized carbons (Fsp3) is 0.429. The summed E-state index contributed by atoms with van der Waals surface area (Å²) in [4.78, 5) is 16.7. The molecule has 3 heterocycles. The number of sulfonamides is 1. The van der Waals surface area contributed by atoms with Gasteiger partial charge in [-0.2, -0.15) is 5.10 Å². The Morgan fingerprint density at radius 2 is 2.03 bits per heavy atom. The summed E-state index contributed by atoms with van der Waals surface area (Å²) in [7, 11) is -2.52. The van der Waals surface area contributed by atoms with Crippen molar-refractivity contribution in [2.45, 2.75) is 43.6 Å². The number of carbonyl (C=O) groups is 1. The van der Waals surface area contributed by atoms with Gasteiger partial charge in [0.1, 0.15) is 16.2 Å². The van der Waals surface area contributed by atoms with Crippen LogP contribution in [0.2, 0.25) is 5.15 Å². The normalized spacial score (nSPS) is 22.0. The summed E-state index contributed by atoms with van der Waals surface area (Å²) in [6.07, 6.45) is 8.06. The molecule has 0 spiro atoms. The van der Waals surface area contributed by atoms with Gasteiger partial charge in [0, 0.05) is 25.5 Å². The minimum absolute atomic E-state index is 0.0730. The number of aryl methyl sites for hydroxylation is 2. The number of hydrogen-bond donors (Lipinski definition) is 1. The lowest BCUT2D eigenvalue weighted by molar-refractivity contribution is 0.0981. The van der Waals surface area contributed by atoms with Crippen LogP contribution in [0.4, 0.5) is 0 Å². The molecule has 2 bridgehead atoms. The van der Waals surface area contributed by atoms with E-state index in [1.165, 1.54) is 47.0 Å². The number of halogens is 1. The molecule has 2 saturated carbocycles. The average Bonchev–Trinajstić information content (AvgIpc) is 3.53. The SMILES string of the molecule is Cc1nn(C)cc1S(=O)(=O)NC(=O)c1ccc(-n2ccc(O[C@H]3CC4CCC3C4)n2)nc1Cl. The second-order valence-corrected chi connectivity index (χ2v) is 10.6. The zero-order valence-corrected chi connectivity index (χ0v) is 19.7. The molecular weight excluding hydrogens is 468 g/mol. The van der Waals surface area contributed by atoms with Crippen molar-refractivity contribution in [1.29, 1.82) is 0 Å². The van der Waals surface area contributed by atoms with Gasteiger partial charge in [0.2, 0.25) is 5.88 Å². The number of rotatable bonds is 6. The molecule has 1 amide bonds. The molecule has 3 atom stereocenters. The third kappa shape index (κ3) is 4.22. The van der Waals surface area contributed by atoms with E-state index in [2.05, 4.69) is 15.2 Å². The van der Waals surface area contributed by atoms with Gasteiger partial charge in [-0.1, -0.05) is 11.6 Å². The van der Waals surface area contributed by atoms with Crippen LogP contribution >= 0.6 is 11.6 Å². The van der Waals surface area contributed by atoms with Gasteiger partial charge >= 0.3 is 0 Å². The van der Waals surface area contributed by atoms with Crippen LogP contribution in [0.15, 0.2) is 35.5 Å². The third-order valence-corrected chi connectivity index (χ3v) is 8.03. The standard InChI is InChI=1S/C21H23ClN6O4S/c1-12-17(11-27(2)24-12)33(30,31)26-21(29)15-5-6-18(23-20(15)22)28-8-7-19(25-28)32-16-10-13-3-4-14(16)9-13/h5-8,11,13-14,16H,3-4,9-10H2,1-2H3,(H,26,29)/t13?,14?,16-/m0/s1. The highest BCUT2D eigenvalue weighted by Gasteiger charge is 2.41. The van der Waals surface area contributed by atoms with E-state index in [1.807, 2.05) is 4.72 Å². The molecule has 0 aliphatic heterocycles. The van der Waals surface area contributed by atoms with Crippen LogP contribution in [0.1, 0.15) is 41.7 Å². The van der Waals surface area contributed by atoms with Gasteiger partial charge in [0.05, 0.1) is 11.3 Å². The van der Waals surface area contributed by atoms with Gasteiger partial charge in [-0.25, -0.2) is 22.8 Å². The van der Waals surface area contributed by atoms with Crippen molar-refractivity contribution in [3.63, 3.8) is 0 Å². The Balaban J connectivity index is 1.30. The second kappa shape index (κ2) is 8.14. The first-order valence-corrected chi connectivity index (χ1v) is 12.5. The van der Waals surface area contributed by atoms with Crippen LogP contribution < -0.4 is 9.46 Å². The molecular formula is C21H23ClN6O4S. The number of amides is 1. The maximum absolute atomic E-state index is 12.6. The lowest BCUT2D eigenvalue weighted by Crippen LogP contribution is -2.31. The number of fused-ring (bicyclic) bond motifs is 2. The summed E-state index contributed by atoms with van der Waals surface area (Å²) in [5, 5.41) is 8.27. The Kier molecular flexibility index (Phi) is 5.40. The number of hydrogen-bond acceptors (Lipinski definition) is 7. The summed E-state index contributed by atoms with van der Waals surface area (Å²) in [5.41, 5.74) is 0.204. The van der Waals surface area contributed by atoms with E-state index in [9.17, 15) is 13.2 Å². The van der Waals surface area contributed by atoms with E-state index in [1.54, 1.807) is 26.2 Å². The molecule has 10 nitrogen and oxygen atoms in total. The predicted molar refractivity (Wildman–Crippen MR) is 119 cm³/mol. The number of aromatic nitrogens is 5. The highest BCUT2D eigenvalue weighted by Crippen LogP contribution is 2.45. The molecule has 0 radical (unpaired) electrons. The van der Waals surface area contributed by atoms with Gasteiger partial charge in [0.25, 0.3) is 15.9 Å². The molecule has 33 heavy (non-hydrogen) atoms. The molecule has 0 aromatic carbocycles. The number of carbonyl (C=O) groups excluding carboxylic acids is 1. The highest BCUT2D eigenvalue weighted by atomic mass is 35.5. The number of pyridine rings is 1. The van der Waals surface area contributed by atoms with E-state index in [0.717, 1.165) is 12.3 Å². The summed E-state index contributed by atoms with van der Waals surface area (Å²) >= 11 is 6.22. The van der Waals surface area contributed by atoms with Crippen molar-refractivity contribution in [3.05, 3.63) is 47.0 Å². The van der Waals surface area contributed by atoms with E-state index < -0.39 is 15.9 Å². The minimum atomic E-state index is -4.11. The molecule has 3 aromatic heterocycles. The fourth-order valence-corrected chi connectivity index (χ4v) is 6.20. The molecule has 174 valence electrons.